The molecule has 3 aromatic rings. The minimum absolute atomic E-state index is 0.103. The van der Waals surface area contributed by atoms with Crippen molar-refractivity contribution in [2.24, 2.45) is 5.41 Å². The van der Waals surface area contributed by atoms with Gasteiger partial charge in [-0.1, -0.05) is 6.42 Å². The molecule has 1 saturated carbocycles. The number of ether oxygens (including phenoxy) is 3. The van der Waals surface area contributed by atoms with E-state index in [1.165, 1.54) is 18.6 Å². The van der Waals surface area contributed by atoms with Gasteiger partial charge in [-0.15, -0.1) is 0 Å². The van der Waals surface area contributed by atoms with Crippen molar-refractivity contribution in [1.29, 1.82) is 0 Å². The molecule has 2 aliphatic rings. The number of aromatic amines is 1. The van der Waals surface area contributed by atoms with Crippen LogP contribution in [-0.4, -0.2) is 77.2 Å². The summed E-state index contributed by atoms with van der Waals surface area (Å²) < 4.78 is 31.9. The van der Waals surface area contributed by atoms with Gasteiger partial charge in [-0.25, -0.2) is 14.4 Å². The molecule has 1 aliphatic carbocycles. The lowest BCUT2D eigenvalue weighted by Gasteiger charge is -2.35. The van der Waals surface area contributed by atoms with Crippen molar-refractivity contribution in [2.45, 2.75) is 57.8 Å². The van der Waals surface area contributed by atoms with E-state index < -0.39 is 11.7 Å². The molecule has 0 radical (unpaired) electrons. The highest BCUT2D eigenvalue weighted by Crippen LogP contribution is 2.36. The zero-order chi connectivity index (χ0) is 28.8. The highest BCUT2D eigenvalue weighted by Gasteiger charge is 2.40. The van der Waals surface area contributed by atoms with Crippen LogP contribution in [-0.2, 0) is 14.3 Å². The minimum atomic E-state index is -0.818. The first kappa shape index (κ1) is 29.1. The smallest absolute Gasteiger partial charge is 0.317 e. The van der Waals surface area contributed by atoms with Gasteiger partial charge in [-0.2, -0.15) is 4.98 Å². The Morgan fingerprint density at radius 1 is 1.12 bits per heavy atom. The van der Waals surface area contributed by atoms with E-state index in [0.717, 1.165) is 38.6 Å². The summed E-state index contributed by atoms with van der Waals surface area (Å²) in [5.74, 6) is -0.0102. The lowest BCUT2D eigenvalue weighted by molar-refractivity contribution is -0.231. The molecule has 3 heterocycles. The second-order valence-electron chi connectivity index (χ2n) is 11.4. The molecule has 1 amide bonds. The van der Waals surface area contributed by atoms with E-state index in [1.807, 2.05) is 21.0 Å². The standard InChI is InChI=1S/C30H39FN6O4/c1-30(28(38)32-15-7-17-37(2)3)18-39-27(40-19-30)26-35-24(20-10-12-21(31)13-11-20)25(36-26)23-14-16-33-29(34-23)41-22-8-5-4-6-9-22/h10-14,16,22,27H,4-9,15,17-19H2,1-3H3,(H,32,38)(H,35,36). The summed E-state index contributed by atoms with van der Waals surface area (Å²) >= 11 is 0. The van der Waals surface area contributed by atoms with Crippen LogP contribution in [0.5, 0.6) is 6.01 Å². The number of nitrogens with zero attached hydrogens (tertiary/aromatic N) is 4. The Morgan fingerprint density at radius 3 is 2.56 bits per heavy atom. The van der Waals surface area contributed by atoms with Gasteiger partial charge < -0.3 is 29.4 Å². The van der Waals surface area contributed by atoms with Crippen molar-refractivity contribution in [3.05, 3.63) is 48.2 Å². The zero-order valence-corrected chi connectivity index (χ0v) is 24.0. The fourth-order valence-corrected chi connectivity index (χ4v) is 5.08. The number of carbonyl (C=O) groups is 1. The molecule has 10 nitrogen and oxygen atoms in total. The molecule has 0 bridgehead atoms. The molecule has 1 aliphatic heterocycles. The van der Waals surface area contributed by atoms with Crippen molar-refractivity contribution < 1.29 is 23.4 Å². The summed E-state index contributed by atoms with van der Waals surface area (Å²) in [6, 6.07) is 8.20. The van der Waals surface area contributed by atoms with Gasteiger partial charge in [0, 0.05) is 18.3 Å². The molecule has 2 N–H and O–H groups in total. The maximum atomic E-state index is 13.7. The van der Waals surface area contributed by atoms with Gasteiger partial charge in [0.2, 0.25) is 12.2 Å². The van der Waals surface area contributed by atoms with Gasteiger partial charge in [-0.05, 0) is 90.0 Å². The monoisotopic (exact) mass is 566 g/mol. The van der Waals surface area contributed by atoms with Crippen molar-refractivity contribution >= 4 is 5.91 Å². The van der Waals surface area contributed by atoms with E-state index in [0.29, 0.717) is 41.0 Å². The highest BCUT2D eigenvalue weighted by molar-refractivity contribution is 5.82. The predicted molar refractivity (Wildman–Crippen MR) is 151 cm³/mol. The Morgan fingerprint density at radius 2 is 1.85 bits per heavy atom. The highest BCUT2D eigenvalue weighted by atomic mass is 19.1. The second-order valence-corrected chi connectivity index (χ2v) is 11.4. The number of benzene rings is 1. The summed E-state index contributed by atoms with van der Waals surface area (Å²) in [7, 11) is 4.01. The summed E-state index contributed by atoms with van der Waals surface area (Å²) in [6.45, 7) is 3.66. The van der Waals surface area contributed by atoms with Crippen LogP contribution < -0.4 is 10.1 Å². The van der Waals surface area contributed by atoms with E-state index >= 15 is 0 Å². The molecule has 220 valence electrons. The lowest BCUT2D eigenvalue weighted by atomic mass is 9.91. The number of imidazole rings is 1. The number of halogens is 1. The van der Waals surface area contributed by atoms with Gasteiger partial charge in [0.15, 0.2) is 5.82 Å². The largest absolute Gasteiger partial charge is 0.460 e. The minimum Gasteiger partial charge on any atom is -0.460 e. The Bertz CT molecular complexity index is 1300. The third-order valence-corrected chi connectivity index (χ3v) is 7.50. The molecule has 0 unspecified atom stereocenters. The van der Waals surface area contributed by atoms with Gasteiger partial charge in [0.05, 0.1) is 35.7 Å². The van der Waals surface area contributed by atoms with E-state index in [-0.39, 0.29) is 31.0 Å². The van der Waals surface area contributed by atoms with E-state index in [2.05, 4.69) is 25.2 Å². The van der Waals surface area contributed by atoms with Gasteiger partial charge in [0.1, 0.15) is 11.9 Å². The van der Waals surface area contributed by atoms with Crippen molar-refractivity contribution in [2.75, 3.05) is 40.4 Å². The first-order valence-corrected chi connectivity index (χ1v) is 14.3. The Labute approximate surface area is 240 Å². The molecule has 5 rings (SSSR count). The van der Waals surface area contributed by atoms with Crippen LogP contribution in [0.25, 0.3) is 22.6 Å². The van der Waals surface area contributed by atoms with Gasteiger partial charge in [-0.3, -0.25) is 4.79 Å². The maximum Gasteiger partial charge on any atom is 0.317 e. The van der Waals surface area contributed by atoms with Crippen molar-refractivity contribution in [3.8, 4) is 28.7 Å². The Balaban J connectivity index is 1.34. The zero-order valence-electron chi connectivity index (χ0n) is 24.0. The van der Waals surface area contributed by atoms with Crippen LogP contribution in [0.2, 0.25) is 0 Å². The lowest BCUT2D eigenvalue weighted by Crippen LogP contribution is -2.49. The molecule has 0 atom stereocenters. The number of nitrogens with one attached hydrogen (secondary N) is 2. The summed E-state index contributed by atoms with van der Waals surface area (Å²) in [6.07, 6.45) is 7.31. The summed E-state index contributed by atoms with van der Waals surface area (Å²) in [5, 5.41) is 2.99. The van der Waals surface area contributed by atoms with E-state index in [4.69, 9.17) is 19.2 Å². The third-order valence-electron chi connectivity index (χ3n) is 7.50. The van der Waals surface area contributed by atoms with Crippen LogP contribution in [0.15, 0.2) is 36.5 Å². The second kappa shape index (κ2) is 13.1. The van der Waals surface area contributed by atoms with Crippen molar-refractivity contribution in [1.82, 2.24) is 30.2 Å². The van der Waals surface area contributed by atoms with Crippen LogP contribution in [0, 0.1) is 11.2 Å². The molecule has 2 fully saturated rings. The van der Waals surface area contributed by atoms with Crippen LogP contribution in [0.3, 0.4) is 0 Å². The number of hydrogen-bond acceptors (Lipinski definition) is 8. The quantitative estimate of drug-likeness (QED) is 0.345. The first-order valence-electron chi connectivity index (χ1n) is 14.3. The molecular formula is C30H39FN6O4. The average Bonchev–Trinajstić information content (AvgIpc) is 3.42. The molecule has 1 saturated heterocycles. The SMILES string of the molecule is CN(C)CCCNC(=O)C1(C)COC(c2nc(-c3ccc(F)cc3)c(-c3ccnc(OC4CCCCC4)n3)[nH]2)OC1. The normalized spacial score (nSPS) is 21.6. The van der Waals surface area contributed by atoms with Crippen molar-refractivity contribution in [3.63, 3.8) is 0 Å². The molecule has 0 spiro atoms. The molecule has 1 aromatic carbocycles. The predicted octanol–water partition coefficient (Wildman–Crippen LogP) is 4.50. The number of aromatic nitrogens is 4. The number of rotatable bonds is 10. The number of H-pyrrole nitrogens is 1. The summed E-state index contributed by atoms with van der Waals surface area (Å²) in [4.78, 5) is 32.1. The Kier molecular flexibility index (Phi) is 9.26. The Hall–Kier alpha value is -3.41. The molecule has 11 heteroatoms. The molecular weight excluding hydrogens is 527 g/mol. The van der Waals surface area contributed by atoms with Gasteiger partial charge >= 0.3 is 6.01 Å². The molecule has 2 aromatic heterocycles. The fourth-order valence-electron chi connectivity index (χ4n) is 5.08. The topological polar surface area (TPSA) is 114 Å². The van der Waals surface area contributed by atoms with Crippen LogP contribution >= 0.6 is 0 Å². The maximum absolute atomic E-state index is 13.7. The molecule has 41 heavy (non-hydrogen) atoms. The van der Waals surface area contributed by atoms with E-state index in [9.17, 15) is 9.18 Å². The first-order chi connectivity index (χ1) is 19.8. The van der Waals surface area contributed by atoms with E-state index in [1.54, 1.807) is 24.4 Å². The fraction of sp³-hybridized carbons (Fsp3) is 0.533. The summed E-state index contributed by atoms with van der Waals surface area (Å²) in [5.41, 5.74) is 1.65. The number of amides is 1. The van der Waals surface area contributed by atoms with Crippen LogP contribution in [0.4, 0.5) is 4.39 Å². The third kappa shape index (κ3) is 7.27. The number of carbonyl (C=O) groups excluding carboxylic acids is 1. The van der Waals surface area contributed by atoms with Gasteiger partial charge in [0.25, 0.3) is 0 Å². The average molecular weight is 567 g/mol. The van der Waals surface area contributed by atoms with Crippen LogP contribution in [0.1, 0.15) is 57.6 Å². The number of hydrogen-bond donors (Lipinski definition) is 2.